The molecule has 2 aliphatic rings. The van der Waals surface area contributed by atoms with Gasteiger partial charge in [-0.3, -0.25) is 13.9 Å². The first-order valence-electron chi connectivity index (χ1n) is 13.6. The molecule has 2 saturated heterocycles. The standard InChI is InChI=1S/C29H30F3N7O2/c1-19-4-3-5-37(12-19)13-21-8-24(29(30,31)32)25-15-38(27(40)39(25)14-21)23-7-20(11-33)6-22(9-23)28(16-41-17-28)10-26-35-34-18-36(26)2/h6-9,14-15,18-19H,3-5,10,12-13,16-17H2,1-2H3/t19-/m0/s1. The Bertz CT molecular complexity index is 1710. The van der Waals surface area contributed by atoms with E-state index in [9.17, 15) is 23.2 Å². The molecule has 2 aliphatic heterocycles. The highest BCUT2D eigenvalue weighted by Crippen LogP contribution is 2.38. The smallest absolute Gasteiger partial charge is 0.379 e. The van der Waals surface area contributed by atoms with Gasteiger partial charge in [0.15, 0.2) is 0 Å². The summed E-state index contributed by atoms with van der Waals surface area (Å²) in [6.07, 6.45) is 2.25. The molecule has 1 atom stereocenters. The highest BCUT2D eigenvalue weighted by atomic mass is 19.4. The zero-order chi connectivity index (χ0) is 28.9. The highest BCUT2D eigenvalue weighted by Gasteiger charge is 2.42. The predicted octanol–water partition coefficient (Wildman–Crippen LogP) is 3.85. The molecular formula is C29H30F3N7O2. The Kier molecular flexibility index (Phi) is 6.74. The van der Waals surface area contributed by atoms with Crippen LogP contribution in [0.3, 0.4) is 0 Å². The number of hydrogen-bond acceptors (Lipinski definition) is 6. The Hall–Kier alpha value is -3.95. The van der Waals surface area contributed by atoms with Crippen molar-refractivity contribution in [3.05, 3.63) is 81.5 Å². The fourth-order valence-electron chi connectivity index (χ4n) is 6.04. The summed E-state index contributed by atoms with van der Waals surface area (Å²) in [6, 6.07) is 8.29. The molecular weight excluding hydrogens is 535 g/mol. The molecule has 12 heteroatoms. The fraction of sp³-hybridized carbons (Fsp3) is 0.448. The second-order valence-electron chi connectivity index (χ2n) is 11.5. The zero-order valence-electron chi connectivity index (χ0n) is 22.9. The number of benzene rings is 1. The van der Waals surface area contributed by atoms with Crippen LogP contribution in [-0.2, 0) is 36.3 Å². The minimum atomic E-state index is -4.65. The van der Waals surface area contributed by atoms with Gasteiger partial charge in [0.05, 0.1) is 41.6 Å². The molecule has 41 heavy (non-hydrogen) atoms. The van der Waals surface area contributed by atoms with Crippen LogP contribution in [0.4, 0.5) is 13.2 Å². The Balaban J connectivity index is 1.45. The van der Waals surface area contributed by atoms with Gasteiger partial charge in [-0.1, -0.05) is 6.92 Å². The summed E-state index contributed by atoms with van der Waals surface area (Å²) < 4.78 is 52.5. The Morgan fingerprint density at radius 3 is 2.63 bits per heavy atom. The molecule has 3 aromatic heterocycles. The van der Waals surface area contributed by atoms with Crippen LogP contribution in [-0.4, -0.2) is 54.9 Å². The van der Waals surface area contributed by atoms with Gasteiger partial charge in [0.2, 0.25) is 0 Å². The minimum absolute atomic E-state index is 0.233. The summed E-state index contributed by atoms with van der Waals surface area (Å²) in [5.41, 5.74) is -0.454. The van der Waals surface area contributed by atoms with Crippen LogP contribution >= 0.6 is 0 Å². The number of fused-ring (bicyclic) bond motifs is 1. The van der Waals surface area contributed by atoms with Crippen LogP contribution in [0, 0.1) is 17.2 Å². The highest BCUT2D eigenvalue weighted by molar-refractivity contribution is 5.59. The number of aryl methyl sites for hydroxylation is 1. The van der Waals surface area contributed by atoms with Crippen molar-refractivity contribution >= 4 is 5.52 Å². The monoisotopic (exact) mass is 565 g/mol. The molecule has 0 unspecified atom stereocenters. The number of alkyl halides is 3. The third-order valence-corrected chi connectivity index (χ3v) is 8.27. The van der Waals surface area contributed by atoms with Crippen molar-refractivity contribution in [2.75, 3.05) is 26.3 Å². The van der Waals surface area contributed by atoms with Gasteiger partial charge in [0.25, 0.3) is 0 Å². The van der Waals surface area contributed by atoms with Gasteiger partial charge in [-0.2, -0.15) is 18.4 Å². The Labute approximate surface area is 234 Å². The third-order valence-electron chi connectivity index (χ3n) is 8.27. The molecule has 0 radical (unpaired) electrons. The molecule has 1 aromatic carbocycles. The molecule has 2 fully saturated rings. The van der Waals surface area contributed by atoms with E-state index in [1.165, 1.54) is 23.0 Å². The van der Waals surface area contributed by atoms with Crippen molar-refractivity contribution in [3.63, 3.8) is 0 Å². The van der Waals surface area contributed by atoms with Gasteiger partial charge in [-0.15, -0.1) is 10.2 Å². The molecule has 0 spiro atoms. The third kappa shape index (κ3) is 5.04. The van der Waals surface area contributed by atoms with Gasteiger partial charge in [-0.05, 0) is 60.7 Å². The second kappa shape index (κ2) is 10.2. The molecule has 0 saturated carbocycles. The quantitative estimate of drug-likeness (QED) is 0.353. The first-order valence-corrected chi connectivity index (χ1v) is 13.6. The molecule has 0 aliphatic carbocycles. The summed E-state index contributed by atoms with van der Waals surface area (Å²) in [6.45, 7) is 4.83. The topological polar surface area (TPSA) is 93.4 Å². The van der Waals surface area contributed by atoms with E-state index in [1.54, 1.807) is 23.0 Å². The van der Waals surface area contributed by atoms with E-state index >= 15 is 0 Å². The lowest BCUT2D eigenvalue weighted by molar-refractivity contribution is -0.136. The first-order chi connectivity index (χ1) is 19.6. The maximum absolute atomic E-state index is 14.3. The summed E-state index contributed by atoms with van der Waals surface area (Å²) in [7, 11) is 1.84. The number of ether oxygens (including phenoxy) is 1. The number of pyridine rings is 1. The van der Waals surface area contributed by atoms with Crippen LogP contribution < -0.4 is 5.69 Å². The van der Waals surface area contributed by atoms with Crippen LogP contribution in [0.25, 0.3) is 11.2 Å². The summed E-state index contributed by atoms with van der Waals surface area (Å²) in [5, 5.41) is 17.9. The number of piperidine rings is 1. The number of aromatic nitrogens is 5. The lowest BCUT2D eigenvalue weighted by atomic mass is 9.75. The van der Waals surface area contributed by atoms with Crippen molar-refractivity contribution in [2.24, 2.45) is 13.0 Å². The second-order valence-corrected chi connectivity index (χ2v) is 11.5. The molecule has 0 N–H and O–H groups in total. The summed E-state index contributed by atoms with van der Waals surface area (Å²) in [5.74, 6) is 1.20. The molecule has 0 bridgehead atoms. The predicted molar refractivity (Wildman–Crippen MR) is 144 cm³/mol. The van der Waals surface area contributed by atoms with E-state index in [-0.39, 0.29) is 5.52 Å². The maximum Gasteiger partial charge on any atom is 0.418 e. The SMILES string of the molecule is C[C@H]1CCCN(Cc2cc(C(F)(F)F)c3cn(-c4cc(C#N)cc(C5(Cc6nncn6C)COC5)c4)c(=O)n3c2)C1. The van der Waals surface area contributed by atoms with E-state index < -0.39 is 22.8 Å². The zero-order valence-corrected chi connectivity index (χ0v) is 22.9. The lowest BCUT2D eigenvalue weighted by Crippen LogP contribution is -2.49. The van der Waals surface area contributed by atoms with E-state index in [4.69, 9.17) is 4.74 Å². The van der Waals surface area contributed by atoms with Gasteiger partial charge >= 0.3 is 11.9 Å². The van der Waals surface area contributed by atoms with Gasteiger partial charge in [0, 0.05) is 44.4 Å². The lowest BCUT2D eigenvalue weighted by Gasteiger charge is -2.42. The Morgan fingerprint density at radius 1 is 1.20 bits per heavy atom. The average Bonchev–Trinajstić information content (AvgIpc) is 3.47. The molecule has 214 valence electrons. The van der Waals surface area contributed by atoms with E-state index in [0.717, 1.165) is 47.8 Å². The van der Waals surface area contributed by atoms with Crippen molar-refractivity contribution in [1.29, 1.82) is 5.26 Å². The summed E-state index contributed by atoms with van der Waals surface area (Å²) >= 11 is 0. The number of nitrogens with zero attached hydrogens (tertiary/aromatic N) is 7. The number of nitriles is 1. The molecule has 0 amide bonds. The van der Waals surface area contributed by atoms with E-state index in [1.807, 2.05) is 7.05 Å². The largest absolute Gasteiger partial charge is 0.418 e. The van der Waals surface area contributed by atoms with Crippen molar-refractivity contribution < 1.29 is 17.9 Å². The van der Waals surface area contributed by atoms with Gasteiger partial charge < -0.3 is 9.30 Å². The summed E-state index contributed by atoms with van der Waals surface area (Å²) in [4.78, 5) is 15.8. The maximum atomic E-state index is 14.3. The molecule has 4 aromatic rings. The number of hydrogen-bond donors (Lipinski definition) is 0. The number of rotatable bonds is 6. The van der Waals surface area contributed by atoms with Crippen molar-refractivity contribution in [3.8, 4) is 11.8 Å². The van der Waals surface area contributed by atoms with Crippen molar-refractivity contribution in [1.82, 2.24) is 28.6 Å². The number of imidazole rings is 1. The Morgan fingerprint density at radius 2 is 2.00 bits per heavy atom. The van der Waals surface area contributed by atoms with Crippen LogP contribution in [0.2, 0.25) is 0 Å². The number of likely N-dealkylation sites (tertiary alicyclic amines) is 1. The van der Waals surface area contributed by atoms with E-state index in [2.05, 4.69) is 28.1 Å². The van der Waals surface area contributed by atoms with Crippen molar-refractivity contribution in [2.45, 2.75) is 44.3 Å². The van der Waals surface area contributed by atoms with Gasteiger partial charge in [0.1, 0.15) is 12.2 Å². The molecule has 5 heterocycles. The van der Waals surface area contributed by atoms with E-state index in [0.29, 0.717) is 48.9 Å². The average molecular weight is 566 g/mol. The molecule has 6 rings (SSSR count). The fourth-order valence-corrected chi connectivity index (χ4v) is 6.04. The minimum Gasteiger partial charge on any atom is -0.379 e. The molecule has 9 nitrogen and oxygen atoms in total. The first kappa shape index (κ1) is 27.2. The van der Waals surface area contributed by atoms with Gasteiger partial charge in [-0.25, -0.2) is 4.79 Å². The normalized spacial score (nSPS) is 19.3. The van der Waals surface area contributed by atoms with Crippen LogP contribution in [0.5, 0.6) is 0 Å². The number of halogens is 3. The van der Waals surface area contributed by atoms with Crippen LogP contribution in [0.15, 0.2) is 47.8 Å². The van der Waals surface area contributed by atoms with Crippen LogP contribution in [0.1, 0.15) is 47.8 Å².